The fourth-order valence-electron chi connectivity index (χ4n) is 3.18. The van der Waals surface area contributed by atoms with E-state index >= 15 is 0 Å². The Labute approximate surface area is 139 Å². The molecule has 23 heavy (non-hydrogen) atoms. The van der Waals surface area contributed by atoms with E-state index in [9.17, 15) is 4.79 Å². The lowest BCUT2D eigenvalue weighted by molar-refractivity contribution is 0.0949. The third kappa shape index (κ3) is 2.62. The van der Waals surface area contributed by atoms with Crippen LogP contribution in [0.4, 0.5) is 0 Å². The van der Waals surface area contributed by atoms with E-state index in [1.54, 1.807) is 24.3 Å². The number of nitrogens with one attached hydrogen (secondary N) is 2. The van der Waals surface area contributed by atoms with Crippen LogP contribution >= 0.6 is 11.6 Å². The van der Waals surface area contributed by atoms with Crippen LogP contribution < -0.4 is 5.32 Å². The third-order valence-electron chi connectivity index (χ3n) is 4.69. The third-order valence-corrected chi connectivity index (χ3v) is 4.92. The van der Waals surface area contributed by atoms with Gasteiger partial charge in [-0.15, -0.1) is 0 Å². The van der Waals surface area contributed by atoms with Gasteiger partial charge >= 0.3 is 0 Å². The number of halogens is 1. The molecular formula is C19H17ClN2O. The van der Waals surface area contributed by atoms with Gasteiger partial charge in [0.15, 0.2) is 0 Å². The molecule has 1 fully saturated rings. The Morgan fingerprint density at radius 2 is 2.00 bits per heavy atom. The topological polar surface area (TPSA) is 44.9 Å². The highest BCUT2D eigenvalue weighted by Gasteiger charge is 2.45. The summed E-state index contributed by atoms with van der Waals surface area (Å²) in [6.07, 6.45) is 4.29. The molecule has 4 rings (SSSR count). The standard InChI is InChI=1S/C19H17ClN2O/c20-14-5-3-4-13(10-14)18(23)22-12-19(8-9-19)16-11-21-17-7-2-1-6-15(16)17/h1-7,10-11,21H,8-9,12H2,(H,22,23). The Morgan fingerprint density at radius 3 is 2.78 bits per heavy atom. The molecule has 3 aromatic rings. The van der Waals surface area contributed by atoms with E-state index < -0.39 is 0 Å². The van der Waals surface area contributed by atoms with Crippen LogP contribution in [-0.4, -0.2) is 17.4 Å². The van der Waals surface area contributed by atoms with Gasteiger partial charge in [0.25, 0.3) is 5.91 Å². The van der Waals surface area contributed by atoms with Crippen molar-refractivity contribution < 1.29 is 4.79 Å². The first-order chi connectivity index (χ1) is 11.2. The Kier molecular flexibility index (Phi) is 3.38. The van der Waals surface area contributed by atoms with Crippen molar-refractivity contribution in [3.63, 3.8) is 0 Å². The predicted molar refractivity (Wildman–Crippen MR) is 93.0 cm³/mol. The molecule has 1 aromatic heterocycles. The van der Waals surface area contributed by atoms with E-state index in [1.165, 1.54) is 10.9 Å². The van der Waals surface area contributed by atoms with Crippen molar-refractivity contribution in [1.29, 1.82) is 0 Å². The lowest BCUT2D eigenvalue weighted by atomic mass is 9.95. The minimum absolute atomic E-state index is 0.0633. The molecule has 4 heteroatoms. The molecule has 3 nitrogen and oxygen atoms in total. The summed E-state index contributed by atoms with van der Waals surface area (Å²) in [5.41, 5.74) is 3.12. The van der Waals surface area contributed by atoms with Crippen LogP contribution in [0.1, 0.15) is 28.8 Å². The molecule has 1 saturated carbocycles. The number of carbonyl (C=O) groups excluding carboxylic acids is 1. The number of fused-ring (bicyclic) bond motifs is 1. The zero-order chi connectivity index (χ0) is 15.9. The number of rotatable bonds is 4. The number of carbonyl (C=O) groups is 1. The van der Waals surface area contributed by atoms with Gasteiger partial charge in [-0.25, -0.2) is 0 Å². The zero-order valence-electron chi connectivity index (χ0n) is 12.6. The zero-order valence-corrected chi connectivity index (χ0v) is 13.4. The second-order valence-corrected chi connectivity index (χ2v) is 6.66. The molecule has 116 valence electrons. The van der Waals surface area contributed by atoms with E-state index in [-0.39, 0.29) is 11.3 Å². The van der Waals surface area contributed by atoms with Gasteiger partial charge in [-0.1, -0.05) is 35.9 Å². The van der Waals surface area contributed by atoms with Crippen molar-refractivity contribution in [3.8, 4) is 0 Å². The lowest BCUT2D eigenvalue weighted by Crippen LogP contribution is -2.32. The van der Waals surface area contributed by atoms with Crippen LogP contribution in [0.15, 0.2) is 54.7 Å². The molecule has 1 heterocycles. The van der Waals surface area contributed by atoms with Crippen LogP contribution in [0.25, 0.3) is 10.9 Å². The first-order valence-electron chi connectivity index (χ1n) is 7.78. The number of amides is 1. The minimum atomic E-state index is -0.0707. The van der Waals surface area contributed by atoms with E-state index in [1.807, 2.05) is 6.07 Å². The van der Waals surface area contributed by atoms with Crippen LogP contribution in [-0.2, 0) is 5.41 Å². The normalized spacial score (nSPS) is 15.5. The highest BCUT2D eigenvalue weighted by molar-refractivity contribution is 6.30. The Morgan fingerprint density at radius 1 is 1.17 bits per heavy atom. The molecule has 0 radical (unpaired) electrons. The summed E-state index contributed by atoms with van der Waals surface area (Å²) in [4.78, 5) is 15.7. The smallest absolute Gasteiger partial charge is 0.251 e. The average molecular weight is 325 g/mol. The van der Waals surface area contributed by atoms with Crippen molar-refractivity contribution in [2.45, 2.75) is 18.3 Å². The highest BCUT2D eigenvalue weighted by atomic mass is 35.5. The summed E-state index contributed by atoms with van der Waals surface area (Å²) in [6.45, 7) is 0.653. The van der Waals surface area contributed by atoms with Gasteiger partial charge < -0.3 is 10.3 Å². The second-order valence-electron chi connectivity index (χ2n) is 6.22. The number of aromatic nitrogens is 1. The van der Waals surface area contributed by atoms with Crippen LogP contribution in [0, 0.1) is 0 Å². The van der Waals surface area contributed by atoms with Crippen molar-refractivity contribution in [3.05, 3.63) is 70.9 Å². The SMILES string of the molecule is O=C(NCC1(c2c[nH]c3ccccc23)CC1)c1cccc(Cl)c1. The molecule has 0 atom stereocenters. The number of para-hydroxylation sites is 1. The lowest BCUT2D eigenvalue weighted by Gasteiger charge is -2.16. The number of hydrogen-bond donors (Lipinski definition) is 2. The highest BCUT2D eigenvalue weighted by Crippen LogP contribution is 2.49. The van der Waals surface area contributed by atoms with Crippen LogP contribution in [0.3, 0.4) is 0 Å². The number of hydrogen-bond acceptors (Lipinski definition) is 1. The van der Waals surface area contributed by atoms with Crippen molar-refractivity contribution >= 4 is 28.4 Å². The Balaban J connectivity index is 1.53. The summed E-state index contributed by atoms with van der Waals surface area (Å²) < 4.78 is 0. The van der Waals surface area contributed by atoms with Gasteiger partial charge in [0.1, 0.15) is 0 Å². The molecule has 1 aliphatic carbocycles. The first-order valence-corrected chi connectivity index (χ1v) is 8.16. The van der Waals surface area contributed by atoms with Crippen LogP contribution in [0.2, 0.25) is 5.02 Å². The molecule has 1 amide bonds. The average Bonchev–Trinajstić information content (AvgIpc) is 3.23. The molecule has 0 aliphatic heterocycles. The maximum Gasteiger partial charge on any atom is 0.251 e. The predicted octanol–water partition coefficient (Wildman–Crippen LogP) is 4.28. The summed E-state index contributed by atoms with van der Waals surface area (Å²) in [5, 5.41) is 4.90. The van der Waals surface area contributed by atoms with Gasteiger partial charge in [-0.3, -0.25) is 4.79 Å². The Hall–Kier alpha value is -2.26. The van der Waals surface area contributed by atoms with Gasteiger partial charge in [-0.2, -0.15) is 0 Å². The van der Waals surface area contributed by atoms with Gasteiger partial charge in [0, 0.05) is 39.6 Å². The van der Waals surface area contributed by atoms with Gasteiger partial charge in [-0.05, 0) is 42.7 Å². The quantitative estimate of drug-likeness (QED) is 0.739. The molecule has 0 bridgehead atoms. The number of H-pyrrole nitrogens is 1. The molecule has 0 spiro atoms. The molecule has 0 saturated heterocycles. The number of aromatic amines is 1. The second kappa shape index (κ2) is 5.43. The fourth-order valence-corrected chi connectivity index (χ4v) is 3.37. The molecular weight excluding hydrogens is 308 g/mol. The van der Waals surface area contributed by atoms with Crippen molar-refractivity contribution in [2.75, 3.05) is 6.54 Å². The maximum absolute atomic E-state index is 12.3. The summed E-state index contributed by atoms with van der Waals surface area (Å²) in [7, 11) is 0. The molecule has 2 aromatic carbocycles. The summed E-state index contributed by atoms with van der Waals surface area (Å²) in [5.74, 6) is -0.0707. The maximum atomic E-state index is 12.3. The van der Waals surface area contributed by atoms with E-state index in [4.69, 9.17) is 11.6 Å². The molecule has 1 aliphatic rings. The van der Waals surface area contributed by atoms with Gasteiger partial charge in [0.2, 0.25) is 0 Å². The van der Waals surface area contributed by atoms with Gasteiger partial charge in [0.05, 0.1) is 0 Å². The Bertz CT molecular complexity index is 880. The van der Waals surface area contributed by atoms with E-state index in [0.29, 0.717) is 17.1 Å². The monoisotopic (exact) mass is 324 g/mol. The van der Waals surface area contributed by atoms with E-state index in [0.717, 1.165) is 18.4 Å². The summed E-state index contributed by atoms with van der Waals surface area (Å²) in [6, 6.07) is 15.4. The van der Waals surface area contributed by atoms with Crippen LogP contribution in [0.5, 0.6) is 0 Å². The van der Waals surface area contributed by atoms with Crippen molar-refractivity contribution in [1.82, 2.24) is 10.3 Å². The fraction of sp³-hybridized carbons (Fsp3) is 0.211. The minimum Gasteiger partial charge on any atom is -0.361 e. The first kappa shape index (κ1) is 14.3. The summed E-state index contributed by atoms with van der Waals surface area (Å²) >= 11 is 5.95. The molecule has 2 N–H and O–H groups in total. The largest absolute Gasteiger partial charge is 0.361 e. The number of benzene rings is 2. The molecule has 0 unspecified atom stereocenters. The van der Waals surface area contributed by atoms with Crippen molar-refractivity contribution in [2.24, 2.45) is 0 Å². The van der Waals surface area contributed by atoms with E-state index in [2.05, 4.69) is 34.7 Å².